The van der Waals surface area contributed by atoms with Gasteiger partial charge in [0.05, 0.1) is 0 Å². The van der Waals surface area contributed by atoms with Gasteiger partial charge in [0.25, 0.3) is 0 Å². The van der Waals surface area contributed by atoms with Gasteiger partial charge < -0.3 is 16.0 Å². The van der Waals surface area contributed by atoms with Gasteiger partial charge in [0.15, 0.2) is 0 Å². The molecule has 0 bridgehead atoms. The summed E-state index contributed by atoms with van der Waals surface area (Å²) in [4.78, 5) is 13.7. The third kappa shape index (κ3) is 3.20. The lowest BCUT2D eigenvalue weighted by Gasteiger charge is -2.29. The number of hydrogen-bond acceptors (Lipinski definition) is 3. The summed E-state index contributed by atoms with van der Waals surface area (Å²) in [5, 5.41) is 2.67. The van der Waals surface area contributed by atoms with Crippen molar-refractivity contribution in [3.63, 3.8) is 0 Å². The third-order valence-electron chi connectivity index (χ3n) is 2.94. The molecule has 0 saturated heterocycles. The Morgan fingerprint density at radius 1 is 1.41 bits per heavy atom. The molecule has 1 unspecified atom stereocenters. The molecule has 0 aliphatic carbocycles. The molecule has 17 heavy (non-hydrogen) atoms. The van der Waals surface area contributed by atoms with Crippen LogP contribution >= 0.6 is 0 Å². The van der Waals surface area contributed by atoms with Crippen LogP contribution in [0.2, 0.25) is 0 Å². The Labute approximate surface area is 103 Å². The Morgan fingerprint density at radius 3 is 2.41 bits per heavy atom. The van der Waals surface area contributed by atoms with Crippen LogP contribution < -0.4 is 16.0 Å². The predicted molar refractivity (Wildman–Crippen MR) is 70.9 cm³/mol. The first-order valence-corrected chi connectivity index (χ1v) is 5.91. The van der Waals surface area contributed by atoms with Crippen LogP contribution in [0.5, 0.6) is 0 Å². The minimum atomic E-state index is -0.172. The topological polar surface area (TPSA) is 58.4 Å². The highest BCUT2D eigenvalue weighted by molar-refractivity contribution is 5.84. The summed E-state index contributed by atoms with van der Waals surface area (Å²) >= 11 is 0. The van der Waals surface area contributed by atoms with Crippen molar-refractivity contribution in [2.45, 2.75) is 26.4 Å². The number of nitrogens with one attached hydrogen (secondary N) is 1. The lowest BCUT2D eigenvalue weighted by atomic mass is 10.1. The molecule has 0 aliphatic heterocycles. The van der Waals surface area contributed by atoms with E-state index in [4.69, 9.17) is 5.73 Å². The summed E-state index contributed by atoms with van der Waals surface area (Å²) in [6, 6.07) is 7.83. The van der Waals surface area contributed by atoms with Crippen molar-refractivity contribution in [1.82, 2.24) is 5.32 Å². The molecule has 0 aliphatic rings. The van der Waals surface area contributed by atoms with Crippen LogP contribution in [0.1, 0.15) is 19.4 Å². The molecule has 0 radical (unpaired) electrons. The van der Waals surface area contributed by atoms with Crippen molar-refractivity contribution in [2.24, 2.45) is 5.73 Å². The van der Waals surface area contributed by atoms with E-state index in [2.05, 4.69) is 10.2 Å². The number of benzene rings is 1. The van der Waals surface area contributed by atoms with Gasteiger partial charge in [0.1, 0.15) is 6.04 Å². The average Bonchev–Trinajstić information content (AvgIpc) is 2.39. The van der Waals surface area contributed by atoms with Crippen LogP contribution in [-0.4, -0.2) is 25.5 Å². The summed E-state index contributed by atoms with van der Waals surface area (Å²) in [5.74, 6) is 0.0229. The maximum absolute atomic E-state index is 11.6. The van der Waals surface area contributed by atoms with Crippen molar-refractivity contribution < 1.29 is 4.79 Å². The molecule has 0 fully saturated rings. The van der Waals surface area contributed by atoms with Gasteiger partial charge in [-0.15, -0.1) is 0 Å². The third-order valence-corrected chi connectivity index (χ3v) is 2.94. The molecule has 4 nitrogen and oxygen atoms in total. The van der Waals surface area contributed by atoms with Crippen molar-refractivity contribution in [1.29, 1.82) is 0 Å². The molecule has 1 aromatic carbocycles. The molecular weight excluding hydrogens is 214 g/mol. The molecule has 0 spiro atoms. The van der Waals surface area contributed by atoms with E-state index in [1.807, 2.05) is 38.1 Å². The Balaban J connectivity index is 2.89. The smallest absolute Gasteiger partial charge is 0.242 e. The van der Waals surface area contributed by atoms with Crippen LogP contribution in [0.3, 0.4) is 0 Å². The van der Waals surface area contributed by atoms with Crippen molar-refractivity contribution in [3.8, 4) is 0 Å². The number of carbonyl (C=O) groups is 1. The number of nitrogens with zero attached hydrogens (tertiary/aromatic N) is 1. The van der Waals surface area contributed by atoms with E-state index in [0.29, 0.717) is 6.54 Å². The van der Waals surface area contributed by atoms with E-state index in [-0.39, 0.29) is 11.9 Å². The standard InChI is InChI=1S/C13H21N3O/c1-4-16(10(2)13(17)15-3)12-7-5-11(9-14)6-8-12/h5-8,10H,4,9,14H2,1-3H3,(H,15,17). The lowest BCUT2D eigenvalue weighted by Crippen LogP contribution is -2.44. The van der Waals surface area contributed by atoms with Crippen molar-refractivity contribution in [2.75, 3.05) is 18.5 Å². The van der Waals surface area contributed by atoms with Gasteiger partial charge in [-0.3, -0.25) is 4.79 Å². The number of likely N-dealkylation sites (N-methyl/N-ethyl adjacent to an activating group) is 2. The fourth-order valence-corrected chi connectivity index (χ4v) is 1.85. The maximum Gasteiger partial charge on any atom is 0.242 e. The molecular formula is C13H21N3O. The van der Waals surface area contributed by atoms with Crippen LogP contribution in [0.25, 0.3) is 0 Å². The zero-order valence-electron chi connectivity index (χ0n) is 10.7. The van der Waals surface area contributed by atoms with Crippen LogP contribution in [0.15, 0.2) is 24.3 Å². The summed E-state index contributed by atoms with van der Waals surface area (Å²) in [5.41, 5.74) is 7.70. The molecule has 1 atom stereocenters. The fraction of sp³-hybridized carbons (Fsp3) is 0.462. The molecule has 3 N–H and O–H groups in total. The zero-order valence-corrected chi connectivity index (χ0v) is 10.7. The number of hydrogen-bond donors (Lipinski definition) is 2. The molecule has 94 valence electrons. The van der Waals surface area contributed by atoms with Gasteiger partial charge in [0, 0.05) is 25.8 Å². The summed E-state index contributed by atoms with van der Waals surface area (Å²) in [6.45, 7) is 5.27. The second-order valence-electron chi connectivity index (χ2n) is 3.95. The highest BCUT2D eigenvalue weighted by Gasteiger charge is 2.18. The van der Waals surface area contributed by atoms with E-state index in [1.54, 1.807) is 7.05 Å². The first-order valence-electron chi connectivity index (χ1n) is 5.91. The quantitative estimate of drug-likeness (QED) is 0.803. The molecule has 4 heteroatoms. The molecule has 0 saturated carbocycles. The predicted octanol–water partition coefficient (Wildman–Crippen LogP) is 1.11. The van der Waals surface area contributed by atoms with Gasteiger partial charge in [-0.05, 0) is 31.5 Å². The van der Waals surface area contributed by atoms with Crippen LogP contribution in [-0.2, 0) is 11.3 Å². The zero-order chi connectivity index (χ0) is 12.8. The molecule has 0 aromatic heterocycles. The lowest BCUT2D eigenvalue weighted by molar-refractivity contribution is -0.121. The van der Waals surface area contributed by atoms with Crippen LogP contribution in [0.4, 0.5) is 5.69 Å². The van der Waals surface area contributed by atoms with Gasteiger partial charge in [-0.1, -0.05) is 12.1 Å². The number of amides is 1. The highest BCUT2D eigenvalue weighted by atomic mass is 16.2. The minimum Gasteiger partial charge on any atom is -0.360 e. The van der Waals surface area contributed by atoms with E-state index in [9.17, 15) is 4.79 Å². The Hall–Kier alpha value is -1.55. The summed E-state index contributed by atoms with van der Waals surface area (Å²) in [7, 11) is 1.66. The number of carbonyl (C=O) groups excluding carboxylic acids is 1. The molecule has 0 heterocycles. The summed E-state index contributed by atoms with van der Waals surface area (Å²) < 4.78 is 0. The first kappa shape index (κ1) is 13.5. The molecule has 1 amide bonds. The SMILES string of the molecule is CCN(c1ccc(CN)cc1)C(C)C(=O)NC. The first-order chi connectivity index (χ1) is 8.13. The van der Waals surface area contributed by atoms with Gasteiger partial charge in [-0.25, -0.2) is 0 Å². The van der Waals surface area contributed by atoms with E-state index in [0.717, 1.165) is 17.8 Å². The van der Waals surface area contributed by atoms with E-state index >= 15 is 0 Å². The van der Waals surface area contributed by atoms with Crippen LogP contribution in [0, 0.1) is 0 Å². The maximum atomic E-state index is 11.6. The van der Waals surface area contributed by atoms with Gasteiger partial charge >= 0.3 is 0 Å². The molecule has 1 aromatic rings. The largest absolute Gasteiger partial charge is 0.360 e. The van der Waals surface area contributed by atoms with Crippen molar-refractivity contribution >= 4 is 11.6 Å². The van der Waals surface area contributed by atoms with E-state index < -0.39 is 0 Å². The number of anilines is 1. The summed E-state index contributed by atoms with van der Waals surface area (Å²) in [6.07, 6.45) is 0. The second-order valence-corrected chi connectivity index (χ2v) is 3.95. The van der Waals surface area contributed by atoms with E-state index in [1.165, 1.54) is 0 Å². The normalized spacial score (nSPS) is 12.0. The Bertz CT molecular complexity index is 361. The Kier molecular flexibility index (Phi) is 4.97. The minimum absolute atomic E-state index is 0.0229. The van der Waals surface area contributed by atoms with Gasteiger partial charge in [-0.2, -0.15) is 0 Å². The number of nitrogens with two attached hydrogens (primary N) is 1. The monoisotopic (exact) mass is 235 g/mol. The second kappa shape index (κ2) is 6.25. The van der Waals surface area contributed by atoms with Gasteiger partial charge in [0.2, 0.25) is 5.91 Å². The number of rotatable bonds is 5. The fourth-order valence-electron chi connectivity index (χ4n) is 1.85. The average molecular weight is 235 g/mol. The van der Waals surface area contributed by atoms with Crippen molar-refractivity contribution in [3.05, 3.63) is 29.8 Å². The highest BCUT2D eigenvalue weighted by Crippen LogP contribution is 2.17. The molecule has 1 rings (SSSR count). The Morgan fingerprint density at radius 2 is 2.00 bits per heavy atom.